The molecule has 1 amide bonds. The van der Waals surface area contributed by atoms with Gasteiger partial charge in [0.25, 0.3) is 5.91 Å². The lowest BCUT2D eigenvalue weighted by Gasteiger charge is -2.12. The van der Waals surface area contributed by atoms with Crippen LogP contribution in [0.4, 0.5) is 0 Å². The number of hydrogen-bond acceptors (Lipinski definition) is 3. The van der Waals surface area contributed by atoms with Crippen LogP contribution in [0.15, 0.2) is 23.6 Å². The standard InChI is InChI=1S/C13H17NO2S/c1-2-10-5-6-17-12(10)13(16)14-11-4-3-9(7-11)8-15/h3-6,9,11,15H,2,7-8H2,1H3,(H,14,16)/t9-,11+/m0/s1. The van der Waals surface area contributed by atoms with Crippen molar-refractivity contribution < 1.29 is 9.90 Å². The number of carbonyl (C=O) groups is 1. The maximum Gasteiger partial charge on any atom is 0.262 e. The van der Waals surface area contributed by atoms with Crippen LogP contribution < -0.4 is 5.32 Å². The number of aryl methyl sites for hydroxylation is 1. The fraction of sp³-hybridized carbons (Fsp3) is 0.462. The first-order valence-corrected chi connectivity index (χ1v) is 6.79. The number of aliphatic hydroxyl groups excluding tert-OH is 1. The average Bonchev–Trinajstić information content (AvgIpc) is 2.96. The van der Waals surface area contributed by atoms with Gasteiger partial charge in [0.15, 0.2) is 0 Å². The summed E-state index contributed by atoms with van der Waals surface area (Å²) in [6, 6.07) is 2.06. The SMILES string of the molecule is CCc1ccsc1C(=O)N[C@@H]1C=C[C@H](CO)C1. The van der Waals surface area contributed by atoms with Crippen molar-refractivity contribution in [3.63, 3.8) is 0 Å². The van der Waals surface area contributed by atoms with Gasteiger partial charge in [0.2, 0.25) is 0 Å². The Morgan fingerprint density at radius 3 is 3.06 bits per heavy atom. The minimum atomic E-state index is 0.00471. The van der Waals surface area contributed by atoms with E-state index >= 15 is 0 Å². The van der Waals surface area contributed by atoms with E-state index in [9.17, 15) is 4.79 Å². The molecule has 0 aliphatic heterocycles. The largest absolute Gasteiger partial charge is 0.396 e. The second-order valence-electron chi connectivity index (χ2n) is 4.27. The summed E-state index contributed by atoms with van der Waals surface area (Å²) >= 11 is 1.49. The zero-order chi connectivity index (χ0) is 12.3. The summed E-state index contributed by atoms with van der Waals surface area (Å²) in [5, 5.41) is 14.0. The lowest BCUT2D eigenvalue weighted by atomic mass is 10.1. The third-order valence-electron chi connectivity index (χ3n) is 3.06. The number of rotatable bonds is 4. The van der Waals surface area contributed by atoms with Gasteiger partial charge in [-0.2, -0.15) is 0 Å². The van der Waals surface area contributed by atoms with E-state index in [4.69, 9.17) is 5.11 Å². The Kier molecular flexibility index (Phi) is 3.97. The van der Waals surface area contributed by atoms with Gasteiger partial charge in [-0.05, 0) is 29.9 Å². The van der Waals surface area contributed by atoms with Gasteiger partial charge in [-0.15, -0.1) is 11.3 Å². The number of amides is 1. The van der Waals surface area contributed by atoms with Crippen molar-refractivity contribution >= 4 is 17.2 Å². The van der Waals surface area contributed by atoms with Gasteiger partial charge < -0.3 is 10.4 Å². The molecule has 0 saturated heterocycles. The number of aliphatic hydroxyl groups is 1. The molecule has 2 N–H and O–H groups in total. The summed E-state index contributed by atoms with van der Waals surface area (Å²) in [4.78, 5) is 12.9. The normalized spacial score (nSPS) is 22.9. The third-order valence-corrected chi connectivity index (χ3v) is 4.01. The molecule has 0 radical (unpaired) electrons. The molecule has 2 atom stereocenters. The first-order valence-electron chi connectivity index (χ1n) is 5.91. The molecule has 0 saturated carbocycles. The molecule has 1 aliphatic rings. The summed E-state index contributed by atoms with van der Waals surface area (Å²) in [7, 11) is 0. The second-order valence-corrected chi connectivity index (χ2v) is 5.19. The van der Waals surface area contributed by atoms with Crippen LogP contribution in [0.1, 0.15) is 28.6 Å². The number of thiophene rings is 1. The molecule has 1 aliphatic carbocycles. The predicted octanol–water partition coefficient (Wildman–Crippen LogP) is 1.98. The maximum atomic E-state index is 12.0. The van der Waals surface area contributed by atoms with Crippen LogP contribution >= 0.6 is 11.3 Å². The molecule has 1 aromatic rings. The summed E-state index contributed by atoms with van der Waals surface area (Å²) in [6.07, 6.45) is 5.62. The Balaban J connectivity index is 1.96. The van der Waals surface area contributed by atoms with Gasteiger partial charge in [0.1, 0.15) is 0 Å². The van der Waals surface area contributed by atoms with Gasteiger partial charge in [-0.1, -0.05) is 19.1 Å². The fourth-order valence-corrected chi connectivity index (χ4v) is 2.96. The van der Waals surface area contributed by atoms with E-state index in [2.05, 4.69) is 12.2 Å². The van der Waals surface area contributed by atoms with E-state index in [1.54, 1.807) is 0 Å². The molecule has 0 bridgehead atoms. The highest BCUT2D eigenvalue weighted by Crippen LogP contribution is 2.20. The van der Waals surface area contributed by atoms with Crippen molar-refractivity contribution in [3.05, 3.63) is 34.0 Å². The lowest BCUT2D eigenvalue weighted by molar-refractivity contribution is 0.0944. The Labute approximate surface area is 105 Å². The zero-order valence-corrected chi connectivity index (χ0v) is 10.7. The topological polar surface area (TPSA) is 49.3 Å². The van der Waals surface area contributed by atoms with Crippen LogP contribution in [-0.2, 0) is 6.42 Å². The quantitative estimate of drug-likeness (QED) is 0.804. The summed E-state index contributed by atoms with van der Waals surface area (Å²) in [5.74, 6) is 0.194. The summed E-state index contributed by atoms with van der Waals surface area (Å²) in [6.45, 7) is 2.21. The smallest absolute Gasteiger partial charge is 0.262 e. The Morgan fingerprint density at radius 2 is 2.41 bits per heavy atom. The van der Waals surface area contributed by atoms with Crippen molar-refractivity contribution in [2.24, 2.45) is 5.92 Å². The molecule has 4 heteroatoms. The molecule has 0 unspecified atom stereocenters. The van der Waals surface area contributed by atoms with Crippen LogP contribution in [0.5, 0.6) is 0 Å². The fourth-order valence-electron chi connectivity index (χ4n) is 2.06. The molecule has 2 rings (SSSR count). The molecule has 1 heterocycles. The Hall–Kier alpha value is -1.13. The maximum absolute atomic E-state index is 12.0. The van der Waals surface area contributed by atoms with E-state index in [1.807, 2.05) is 23.6 Å². The van der Waals surface area contributed by atoms with Gasteiger partial charge in [0.05, 0.1) is 4.88 Å². The van der Waals surface area contributed by atoms with Crippen LogP contribution in [-0.4, -0.2) is 23.7 Å². The highest BCUT2D eigenvalue weighted by molar-refractivity contribution is 7.12. The molecule has 3 nitrogen and oxygen atoms in total. The van der Waals surface area contributed by atoms with Gasteiger partial charge in [-0.3, -0.25) is 4.79 Å². The van der Waals surface area contributed by atoms with E-state index in [1.165, 1.54) is 11.3 Å². The molecular weight excluding hydrogens is 234 g/mol. The van der Waals surface area contributed by atoms with Crippen molar-refractivity contribution in [1.29, 1.82) is 0 Å². The number of hydrogen-bond donors (Lipinski definition) is 2. The third kappa shape index (κ3) is 2.76. The second kappa shape index (κ2) is 5.47. The van der Waals surface area contributed by atoms with Crippen molar-refractivity contribution in [2.75, 3.05) is 6.61 Å². The predicted molar refractivity (Wildman–Crippen MR) is 69.3 cm³/mol. The molecule has 17 heavy (non-hydrogen) atoms. The first kappa shape index (κ1) is 12.3. The molecule has 92 valence electrons. The minimum Gasteiger partial charge on any atom is -0.396 e. The molecule has 0 aromatic carbocycles. The van der Waals surface area contributed by atoms with Crippen molar-refractivity contribution in [1.82, 2.24) is 5.32 Å². The van der Waals surface area contributed by atoms with E-state index < -0.39 is 0 Å². The van der Waals surface area contributed by atoms with E-state index in [-0.39, 0.29) is 24.5 Å². The van der Waals surface area contributed by atoms with E-state index in [0.29, 0.717) is 0 Å². The Morgan fingerprint density at radius 1 is 1.59 bits per heavy atom. The van der Waals surface area contributed by atoms with Crippen LogP contribution in [0.2, 0.25) is 0 Å². The van der Waals surface area contributed by atoms with Crippen LogP contribution in [0, 0.1) is 5.92 Å². The van der Waals surface area contributed by atoms with Crippen molar-refractivity contribution in [3.8, 4) is 0 Å². The lowest BCUT2D eigenvalue weighted by Crippen LogP contribution is -2.32. The molecule has 0 spiro atoms. The van der Waals surface area contributed by atoms with Gasteiger partial charge in [-0.25, -0.2) is 0 Å². The zero-order valence-electron chi connectivity index (χ0n) is 9.85. The monoisotopic (exact) mass is 251 g/mol. The summed E-state index contributed by atoms with van der Waals surface area (Å²) in [5.41, 5.74) is 1.10. The number of carbonyl (C=O) groups excluding carboxylic acids is 1. The van der Waals surface area contributed by atoms with Crippen LogP contribution in [0.25, 0.3) is 0 Å². The molecule has 1 aromatic heterocycles. The number of nitrogens with one attached hydrogen (secondary N) is 1. The molecular formula is C13H17NO2S. The average molecular weight is 251 g/mol. The first-order chi connectivity index (χ1) is 8.24. The molecule has 0 fully saturated rings. The Bertz CT molecular complexity index is 425. The summed E-state index contributed by atoms with van der Waals surface area (Å²) < 4.78 is 0. The highest BCUT2D eigenvalue weighted by atomic mass is 32.1. The van der Waals surface area contributed by atoms with Crippen LogP contribution in [0.3, 0.4) is 0 Å². The van der Waals surface area contributed by atoms with Gasteiger partial charge >= 0.3 is 0 Å². The van der Waals surface area contributed by atoms with Gasteiger partial charge in [0, 0.05) is 18.6 Å². The van der Waals surface area contributed by atoms with Crippen molar-refractivity contribution in [2.45, 2.75) is 25.8 Å². The van der Waals surface area contributed by atoms with E-state index in [0.717, 1.165) is 23.3 Å². The minimum absolute atomic E-state index is 0.00471. The highest BCUT2D eigenvalue weighted by Gasteiger charge is 2.21.